The second kappa shape index (κ2) is 10.6. The van der Waals surface area contributed by atoms with Crippen molar-refractivity contribution in [2.24, 2.45) is 5.41 Å². The van der Waals surface area contributed by atoms with Crippen molar-refractivity contribution in [2.45, 2.75) is 59.0 Å². The predicted molar refractivity (Wildman–Crippen MR) is 116 cm³/mol. The van der Waals surface area contributed by atoms with Gasteiger partial charge in [0.2, 0.25) is 0 Å². The molecule has 4 nitrogen and oxygen atoms in total. The van der Waals surface area contributed by atoms with Gasteiger partial charge in [-0.25, -0.2) is 0 Å². The molecule has 0 spiro atoms. The van der Waals surface area contributed by atoms with Crippen molar-refractivity contribution >= 4 is 23.7 Å². The smallest absolute Gasteiger partial charge is 0.0534 e. The summed E-state index contributed by atoms with van der Waals surface area (Å²) >= 11 is 1.88. The fourth-order valence-corrected chi connectivity index (χ4v) is 4.52. The van der Waals surface area contributed by atoms with Crippen LogP contribution in [0.15, 0.2) is 29.9 Å². The Labute approximate surface area is 174 Å². The normalized spacial score (nSPS) is 17.2. The average molecular weight is 412 g/mol. The van der Waals surface area contributed by atoms with E-state index < -0.39 is 0 Å². The van der Waals surface area contributed by atoms with Crippen molar-refractivity contribution in [1.29, 1.82) is 0 Å². The summed E-state index contributed by atoms with van der Waals surface area (Å²) in [6.45, 7) is 11.5. The molecule has 0 bridgehead atoms. The van der Waals surface area contributed by atoms with E-state index in [4.69, 9.17) is 4.74 Å². The van der Waals surface area contributed by atoms with Gasteiger partial charge in [-0.2, -0.15) is 5.10 Å². The number of halogens is 1. The lowest BCUT2D eigenvalue weighted by Gasteiger charge is -2.41. The Kier molecular flexibility index (Phi) is 8.80. The van der Waals surface area contributed by atoms with Gasteiger partial charge in [0.05, 0.1) is 12.8 Å². The number of aromatic nitrogens is 2. The van der Waals surface area contributed by atoms with E-state index in [2.05, 4.69) is 59.2 Å². The van der Waals surface area contributed by atoms with Crippen LogP contribution in [0.25, 0.3) is 0 Å². The number of thiophene rings is 1. The van der Waals surface area contributed by atoms with Crippen LogP contribution in [0.5, 0.6) is 0 Å². The van der Waals surface area contributed by atoms with Crippen molar-refractivity contribution < 1.29 is 4.74 Å². The Morgan fingerprint density at radius 2 is 2.07 bits per heavy atom. The van der Waals surface area contributed by atoms with Gasteiger partial charge in [-0.15, -0.1) is 23.7 Å². The molecule has 3 rings (SSSR count). The third kappa shape index (κ3) is 6.31. The molecule has 0 saturated carbocycles. The molecule has 0 amide bonds. The summed E-state index contributed by atoms with van der Waals surface area (Å²) in [4.78, 5) is 4.08. The molecule has 0 atom stereocenters. The van der Waals surface area contributed by atoms with E-state index >= 15 is 0 Å². The van der Waals surface area contributed by atoms with Crippen LogP contribution in [0.1, 0.15) is 56.5 Å². The van der Waals surface area contributed by atoms with E-state index in [9.17, 15) is 0 Å². The number of hydrogen-bond donors (Lipinski definition) is 0. The lowest BCUT2D eigenvalue weighted by Crippen LogP contribution is -2.42. The highest BCUT2D eigenvalue weighted by Crippen LogP contribution is 2.37. The van der Waals surface area contributed by atoms with Crippen molar-refractivity contribution in [3.05, 3.63) is 40.3 Å². The quantitative estimate of drug-likeness (QED) is 0.568. The third-order valence-corrected chi connectivity index (χ3v) is 6.54. The minimum Gasteiger partial charge on any atom is -0.381 e. The Hall–Kier alpha value is -0.880. The van der Waals surface area contributed by atoms with Crippen LogP contribution >= 0.6 is 23.7 Å². The maximum atomic E-state index is 5.90. The van der Waals surface area contributed by atoms with E-state index in [1.54, 1.807) is 0 Å². The van der Waals surface area contributed by atoms with Gasteiger partial charge in [-0.05, 0) is 76.4 Å². The van der Waals surface area contributed by atoms with E-state index in [0.29, 0.717) is 11.5 Å². The second-order valence-electron chi connectivity index (χ2n) is 7.91. The summed E-state index contributed by atoms with van der Waals surface area (Å²) in [5.74, 6) is 0. The topological polar surface area (TPSA) is 30.3 Å². The van der Waals surface area contributed by atoms with Crippen LogP contribution in [-0.2, 0) is 17.7 Å². The van der Waals surface area contributed by atoms with Gasteiger partial charge in [0.25, 0.3) is 0 Å². The van der Waals surface area contributed by atoms with Crippen molar-refractivity contribution in [2.75, 3.05) is 26.3 Å². The van der Waals surface area contributed by atoms with Gasteiger partial charge in [-0.1, -0.05) is 6.07 Å². The SMILES string of the molecule is CCOCC1(CCc2cccs2)CCN(Cc2cnn(C(C)C)c2)CC1.Cl. The molecule has 3 heterocycles. The fourth-order valence-electron chi connectivity index (χ4n) is 3.81. The maximum Gasteiger partial charge on any atom is 0.0534 e. The number of piperidine rings is 1. The molecule has 1 fully saturated rings. The average Bonchev–Trinajstić information content (AvgIpc) is 3.32. The van der Waals surface area contributed by atoms with E-state index in [1.807, 2.05) is 17.5 Å². The molecule has 0 radical (unpaired) electrons. The van der Waals surface area contributed by atoms with Gasteiger partial charge >= 0.3 is 0 Å². The molecular weight excluding hydrogens is 378 g/mol. The number of nitrogens with zero attached hydrogens (tertiary/aromatic N) is 3. The molecule has 2 aromatic rings. The number of aryl methyl sites for hydroxylation is 1. The zero-order chi connectivity index (χ0) is 18.4. The van der Waals surface area contributed by atoms with E-state index in [0.717, 1.165) is 32.8 Å². The predicted octanol–water partition coefficient (Wildman–Crippen LogP) is 5.20. The molecule has 0 aromatic carbocycles. The van der Waals surface area contributed by atoms with Gasteiger partial charge in [-0.3, -0.25) is 9.58 Å². The fraction of sp³-hybridized carbons (Fsp3) is 0.667. The number of ether oxygens (including phenoxy) is 1. The first-order valence-electron chi connectivity index (χ1n) is 9.96. The zero-order valence-corrected chi connectivity index (χ0v) is 18.5. The third-order valence-electron chi connectivity index (χ3n) is 5.60. The molecule has 0 unspecified atom stereocenters. The Balaban J connectivity index is 0.00000261. The van der Waals surface area contributed by atoms with Crippen LogP contribution < -0.4 is 0 Å². The van der Waals surface area contributed by atoms with Crippen LogP contribution in [0.2, 0.25) is 0 Å². The largest absolute Gasteiger partial charge is 0.381 e. The van der Waals surface area contributed by atoms with Crippen molar-refractivity contribution in [3.63, 3.8) is 0 Å². The maximum absolute atomic E-state index is 5.90. The minimum absolute atomic E-state index is 0. The molecule has 1 saturated heterocycles. The highest BCUT2D eigenvalue weighted by Gasteiger charge is 2.34. The lowest BCUT2D eigenvalue weighted by atomic mass is 9.75. The standard InChI is InChI=1S/C21H33N3OS.ClH/c1-4-25-17-21(8-7-20-6-5-13-26-20)9-11-23(12-10-21)15-19-14-22-24(16-19)18(2)3;/h5-6,13-14,16,18H,4,7-12,15,17H2,1-3H3;1H. The summed E-state index contributed by atoms with van der Waals surface area (Å²) in [6.07, 6.45) is 9.12. The molecule has 2 aromatic heterocycles. The number of hydrogen-bond acceptors (Lipinski definition) is 4. The van der Waals surface area contributed by atoms with Gasteiger partial charge in [0.15, 0.2) is 0 Å². The van der Waals surface area contributed by atoms with Gasteiger partial charge < -0.3 is 4.74 Å². The molecule has 152 valence electrons. The first-order chi connectivity index (χ1) is 12.6. The van der Waals surface area contributed by atoms with Crippen LogP contribution in [-0.4, -0.2) is 41.0 Å². The molecule has 6 heteroatoms. The summed E-state index contributed by atoms with van der Waals surface area (Å²) in [6, 6.07) is 4.86. The van der Waals surface area contributed by atoms with E-state index in [-0.39, 0.29) is 12.4 Å². The Morgan fingerprint density at radius 1 is 1.30 bits per heavy atom. The van der Waals surface area contributed by atoms with Gasteiger partial charge in [0, 0.05) is 35.8 Å². The summed E-state index contributed by atoms with van der Waals surface area (Å²) in [5.41, 5.74) is 1.67. The molecule has 1 aliphatic heterocycles. The monoisotopic (exact) mass is 411 g/mol. The van der Waals surface area contributed by atoms with Crippen molar-refractivity contribution in [1.82, 2.24) is 14.7 Å². The first-order valence-corrected chi connectivity index (χ1v) is 10.8. The molecule has 27 heavy (non-hydrogen) atoms. The van der Waals surface area contributed by atoms with Crippen LogP contribution in [0, 0.1) is 5.41 Å². The lowest BCUT2D eigenvalue weighted by molar-refractivity contribution is -0.00221. The second-order valence-corrected chi connectivity index (χ2v) is 8.95. The van der Waals surface area contributed by atoms with Crippen molar-refractivity contribution in [3.8, 4) is 0 Å². The molecule has 0 aliphatic carbocycles. The van der Waals surface area contributed by atoms with Crippen LogP contribution in [0.3, 0.4) is 0 Å². The summed E-state index contributed by atoms with van der Waals surface area (Å²) in [7, 11) is 0. The Morgan fingerprint density at radius 3 is 2.67 bits per heavy atom. The zero-order valence-electron chi connectivity index (χ0n) is 16.9. The number of rotatable bonds is 9. The minimum atomic E-state index is 0. The van der Waals surface area contributed by atoms with E-state index in [1.165, 1.54) is 36.1 Å². The Bertz CT molecular complexity index is 648. The summed E-state index contributed by atoms with van der Waals surface area (Å²) < 4.78 is 7.96. The molecule has 1 aliphatic rings. The molecule has 0 N–H and O–H groups in total. The first kappa shape index (κ1) is 22.4. The highest BCUT2D eigenvalue weighted by atomic mass is 35.5. The van der Waals surface area contributed by atoms with Crippen LogP contribution in [0.4, 0.5) is 0 Å². The number of likely N-dealkylation sites (tertiary alicyclic amines) is 1. The van der Waals surface area contributed by atoms with Gasteiger partial charge in [0.1, 0.15) is 0 Å². The molecular formula is C21H34ClN3OS. The summed E-state index contributed by atoms with van der Waals surface area (Å²) in [5, 5.41) is 6.66. The highest BCUT2D eigenvalue weighted by molar-refractivity contribution is 7.09.